The molecule has 0 bridgehead atoms. The Balaban J connectivity index is 2.80. The van der Waals surface area contributed by atoms with Crippen molar-refractivity contribution < 1.29 is 9.13 Å². The maximum absolute atomic E-state index is 13.1. The Labute approximate surface area is 102 Å². The highest BCUT2D eigenvalue weighted by Crippen LogP contribution is 2.23. The first-order valence-corrected chi connectivity index (χ1v) is 6.32. The van der Waals surface area contributed by atoms with Crippen molar-refractivity contribution in [1.29, 1.82) is 0 Å². The Kier molecular flexibility index (Phi) is 5.67. The van der Waals surface area contributed by atoms with Crippen molar-refractivity contribution in [2.24, 2.45) is 5.92 Å². The summed E-state index contributed by atoms with van der Waals surface area (Å²) in [6.45, 7) is 4.83. The van der Waals surface area contributed by atoms with E-state index in [2.05, 4.69) is 26.5 Å². The summed E-state index contributed by atoms with van der Waals surface area (Å²) < 4.78 is 18.7. The normalized spacial score (nSPS) is 12.5. The van der Waals surface area contributed by atoms with Crippen LogP contribution >= 0.6 is 12.6 Å². The molecule has 0 saturated heterocycles. The molecule has 0 radical (unpaired) electrons. The molecular weight excluding hydrogens is 223 g/mol. The number of hydrogen-bond donors (Lipinski definition) is 1. The van der Waals surface area contributed by atoms with E-state index in [0.717, 1.165) is 29.9 Å². The minimum atomic E-state index is -0.204. The Morgan fingerprint density at radius 1 is 1.44 bits per heavy atom. The zero-order chi connectivity index (χ0) is 12.0. The minimum absolute atomic E-state index is 0.204. The first kappa shape index (κ1) is 13.4. The number of thiol groups is 1. The van der Waals surface area contributed by atoms with Crippen LogP contribution in [0.5, 0.6) is 5.75 Å². The van der Waals surface area contributed by atoms with Crippen LogP contribution in [0.2, 0.25) is 0 Å². The summed E-state index contributed by atoms with van der Waals surface area (Å²) in [7, 11) is 0. The highest BCUT2D eigenvalue weighted by molar-refractivity contribution is 7.80. The first-order chi connectivity index (χ1) is 7.67. The number of benzene rings is 1. The first-order valence-electron chi connectivity index (χ1n) is 5.69. The molecule has 1 rings (SSSR count). The second-order valence-electron chi connectivity index (χ2n) is 4.09. The van der Waals surface area contributed by atoms with Gasteiger partial charge in [-0.15, -0.1) is 0 Å². The van der Waals surface area contributed by atoms with E-state index in [1.807, 2.05) is 0 Å². The van der Waals surface area contributed by atoms with Crippen LogP contribution < -0.4 is 4.74 Å². The SMILES string of the molecule is CCCOc1ccc(F)cc1CC(C)CS. The summed E-state index contributed by atoms with van der Waals surface area (Å²) in [5, 5.41) is 0. The minimum Gasteiger partial charge on any atom is -0.493 e. The third kappa shape index (κ3) is 4.05. The third-order valence-corrected chi connectivity index (χ3v) is 2.99. The van der Waals surface area contributed by atoms with Gasteiger partial charge in [-0.1, -0.05) is 13.8 Å². The Morgan fingerprint density at radius 3 is 2.81 bits per heavy atom. The van der Waals surface area contributed by atoms with E-state index in [9.17, 15) is 4.39 Å². The van der Waals surface area contributed by atoms with E-state index in [1.165, 1.54) is 6.07 Å². The van der Waals surface area contributed by atoms with Gasteiger partial charge in [-0.3, -0.25) is 0 Å². The number of halogens is 1. The summed E-state index contributed by atoms with van der Waals surface area (Å²) in [4.78, 5) is 0. The van der Waals surface area contributed by atoms with Gasteiger partial charge < -0.3 is 4.74 Å². The van der Waals surface area contributed by atoms with E-state index in [4.69, 9.17) is 4.74 Å². The molecule has 0 heterocycles. The molecule has 1 unspecified atom stereocenters. The average Bonchev–Trinajstić information content (AvgIpc) is 2.28. The van der Waals surface area contributed by atoms with Gasteiger partial charge in [0, 0.05) is 0 Å². The van der Waals surface area contributed by atoms with E-state index in [1.54, 1.807) is 12.1 Å². The van der Waals surface area contributed by atoms with Crippen LogP contribution in [-0.2, 0) is 6.42 Å². The average molecular weight is 242 g/mol. The van der Waals surface area contributed by atoms with Crippen LogP contribution in [0.4, 0.5) is 4.39 Å². The Morgan fingerprint density at radius 2 is 2.19 bits per heavy atom. The summed E-state index contributed by atoms with van der Waals surface area (Å²) in [6.07, 6.45) is 1.76. The van der Waals surface area contributed by atoms with Gasteiger partial charge in [0.05, 0.1) is 6.61 Å². The fraction of sp³-hybridized carbons (Fsp3) is 0.538. The fourth-order valence-corrected chi connectivity index (χ4v) is 1.63. The number of hydrogen-bond acceptors (Lipinski definition) is 2. The van der Waals surface area contributed by atoms with Gasteiger partial charge in [-0.2, -0.15) is 12.6 Å². The van der Waals surface area contributed by atoms with Gasteiger partial charge in [0.1, 0.15) is 11.6 Å². The van der Waals surface area contributed by atoms with Crippen molar-refractivity contribution in [2.75, 3.05) is 12.4 Å². The van der Waals surface area contributed by atoms with Crippen molar-refractivity contribution in [3.05, 3.63) is 29.6 Å². The molecule has 16 heavy (non-hydrogen) atoms. The topological polar surface area (TPSA) is 9.23 Å². The molecular formula is C13H19FOS. The molecule has 3 heteroatoms. The summed E-state index contributed by atoms with van der Waals surface area (Å²) in [5.74, 6) is 1.82. The molecule has 1 nitrogen and oxygen atoms in total. The Hall–Kier alpha value is -0.700. The molecule has 0 aromatic heterocycles. The van der Waals surface area contributed by atoms with E-state index in [0.29, 0.717) is 12.5 Å². The molecule has 0 fully saturated rings. The number of ether oxygens (including phenoxy) is 1. The van der Waals surface area contributed by atoms with Crippen molar-refractivity contribution in [3.63, 3.8) is 0 Å². The molecule has 1 aromatic rings. The smallest absolute Gasteiger partial charge is 0.123 e. The molecule has 0 aliphatic rings. The molecule has 0 saturated carbocycles. The quantitative estimate of drug-likeness (QED) is 0.748. The van der Waals surface area contributed by atoms with Crippen LogP contribution in [0.15, 0.2) is 18.2 Å². The molecule has 0 aliphatic carbocycles. The highest BCUT2D eigenvalue weighted by atomic mass is 32.1. The lowest BCUT2D eigenvalue weighted by Gasteiger charge is -2.13. The largest absolute Gasteiger partial charge is 0.493 e. The molecule has 0 spiro atoms. The lowest BCUT2D eigenvalue weighted by atomic mass is 10.0. The summed E-state index contributed by atoms with van der Waals surface area (Å²) in [6, 6.07) is 4.72. The van der Waals surface area contributed by atoms with Crippen molar-refractivity contribution in [1.82, 2.24) is 0 Å². The summed E-state index contributed by atoms with van der Waals surface area (Å²) in [5.41, 5.74) is 0.940. The van der Waals surface area contributed by atoms with Crippen LogP contribution in [0.3, 0.4) is 0 Å². The van der Waals surface area contributed by atoms with E-state index >= 15 is 0 Å². The number of rotatable bonds is 6. The van der Waals surface area contributed by atoms with Crippen LogP contribution in [0.25, 0.3) is 0 Å². The zero-order valence-electron chi connectivity index (χ0n) is 9.87. The fourth-order valence-electron chi connectivity index (χ4n) is 1.50. The molecule has 0 aliphatic heterocycles. The molecule has 1 atom stereocenters. The standard InChI is InChI=1S/C13H19FOS/c1-3-6-15-13-5-4-12(14)8-11(13)7-10(2)9-16/h4-5,8,10,16H,3,6-7,9H2,1-2H3. The van der Waals surface area contributed by atoms with Gasteiger partial charge in [0.25, 0.3) is 0 Å². The molecule has 90 valence electrons. The van der Waals surface area contributed by atoms with E-state index < -0.39 is 0 Å². The summed E-state index contributed by atoms with van der Waals surface area (Å²) >= 11 is 4.24. The predicted octanol–water partition coefficient (Wildman–Crippen LogP) is 3.72. The monoisotopic (exact) mass is 242 g/mol. The predicted molar refractivity (Wildman–Crippen MR) is 68.9 cm³/mol. The van der Waals surface area contributed by atoms with Gasteiger partial charge in [0.2, 0.25) is 0 Å². The van der Waals surface area contributed by atoms with Gasteiger partial charge in [-0.05, 0) is 48.3 Å². The molecule has 0 N–H and O–H groups in total. The van der Waals surface area contributed by atoms with Gasteiger partial charge in [-0.25, -0.2) is 4.39 Å². The second kappa shape index (κ2) is 6.79. The van der Waals surface area contributed by atoms with Crippen molar-refractivity contribution >= 4 is 12.6 Å². The molecule has 0 amide bonds. The Bertz CT molecular complexity index is 328. The van der Waals surface area contributed by atoms with Gasteiger partial charge >= 0.3 is 0 Å². The van der Waals surface area contributed by atoms with Gasteiger partial charge in [0.15, 0.2) is 0 Å². The third-order valence-electron chi connectivity index (χ3n) is 2.36. The lowest BCUT2D eigenvalue weighted by Crippen LogP contribution is -2.05. The zero-order valence-corrected chi connectivity index (χ0v) is 10.8. The molecule has 1 aromatic carbocycles. The second-order valence-corrected chi connectivity index (χ2v) is 4.46. The lowest BCUT2D eigenvalue weighted by molar-refractivity contribution is 0.312. The van der Waals surface area contributed by atoms with Crippen LogP contribution in [0, 0.1) is 11.7 Å². The maximum Gasteiger partial charge on any atom is 0.123 e. The van der Waals surface area contributed by atoms with Crippen LogP contribution in [-0.4, -0.2) is 12.4 Å². The maximum atomic E-state index is 13.1. The highest BCUT2D eigenvalue weighted by Gasteiger charge is 2.09. The van der Waals surface area contributed by atoms with Crippen molar-refractivity contribution in [2.45, 2.75) is 26.7 Å². The van der Waals surface area contributed by atoms with Crippen LogP contribution in [0.1, 0.15) is 25.8 Å². The van der Waals surface area contributed by atoms with Crippen molar-refractivity contribution in [3.8, 4) is 5.75 Å². The van der Waals surface area contributed by atoms with E-state index in [-0.39, 0.29) is 5.82 Å².